The lowest BCUT2D eigenvalue weighted by Gasteiger charge is -2.36. The number of aromatic nitrogens is 2. The van der Waals surface area contributed by atoms with E-state index in [1.54, 1.807) is 8.71 Å². The first kappa shape index (κ1) is 19.4. The number of anilines is 1. The number of rotatable bonds is 4. The van der Waals surface area contributed by atoms with Gasteiger partial charge < -0.3 is 4.90 Å². The minimum atomic E-state index is -3.61. The van der Waals surface area contributed by atoms with Crippen LogP contribution in [0.2, 0.25) is 0 Å². The highest BCUT2D eigenvalue weighted by molar-refractivity contribution is 7.89. The number of para-hydroxylation sites is 1. The lowest BCUT2D eigenvalue weighted by atomic mass is 10.1. The molecule has 150 valence electrons. The van der Waals surface area contributed by atoms with Crippen molar-refractivity contribution >= 4 is 32.0 Å². The van der Waals surface area contributed by atoms with Gasteiger partial charge in [0.25, 0.3) is 10.0 Å². The quantitative estimate of drug-likeness (QED) is 0.649. The van der Waals surface area contributed by atoms with E-state index >= 15 is 0 Å². The lowest BCUT2D eigenvalue weighted by Crippen LogP contribution is -2.49. The fourth-order valence-electron chi connectivity index (χ4n) is 3.80. The average molecular weight is 419 g/mol. The van der Waals surface area contributed by atoms with Gasteiger partial charge in [0.2, 0.25) is 0 Å². The zero-order valence-corrected chi connectivity index (χ0v) is 18.3. The Hall–Kier alpha value is -1.90. The highest BCUT2D eigenvalue weighted by Crippen LogP contribution is 2.31. The number of nitrogens with zero attached hydrogens (tertiary/aromatic N) is 4. The Bertz CT molecular complexity index is 1110. The summed E-state index contributed by atoms with van der Waals surface area (Å²) in [6, 6.07) is 8.25. The summed E-state index contributed by atoms with van der Waals surface area (Å²) in [5, 5.41) is 0.339. The Morgan fingerprint density at radius 2 is 1.75 bits per heavy atom. The third-order valence-electron chi connectivity index (χ3n) is 5.25. The van der Waals surface area contributed by atoms with Gasteiger partial charge in [0.05, 0.1) is 5.69 Å². The summed E-state index contributed by atoms with van der Waals surface area (Å²) in [7, 11) is -3.61. The molecule has 0 spiro atoms. The maximum atomic E-state index is 13.6. The minimum Gasteiger partial charge on any atom is -0.369 e. The highest BCUT2D eigenvalue weighted by atomic mass is 32.2. The van der Waals surface area contributed by atoms with Crippen LogP contribution in [0.15, 0.2) is 35.5 Å². The molecule has 0 amide bonds. The summed E-state index contributed by atoms with van der Waals surface area (Å²) in [5.41, 5.74) is 3.06. The van der Waals surface area contributed by atoms with Crippen LogP contribution in [0.1, 0.15) is 35.9 Å². The predicted molar refractivity (Wildman–Crippen MR) is 114 cm³/mol. The number of hydrogen-bond donors (Lipinski definition) is 0. The number of hydrogen-bond acceptors (Lipinski definition) is 5. The second-order valence-corrected chi connectivity index (χ2v) is 10.7. The molecule has 0 saturated carbocycles. The van der Waals surface area contributed by atoms with Crippen molar-refractivity contribution in [2.75, 3.05) is 31.1 Å². The van der Waals surface area contributed by atoms with E-state index in [-0.39, 0.29) is 5.92 Å². The Balaban J connectivity index is 1.64. The van der Waals surface area contributed by atoms with E-state index in [0.717, 1.165) is 9.84 Å². The molecule has 2 aromatic heterocycles. The van der Waals surface area contributed by atoms with Crippen LogP contribution in [0, 0.1) is 13.8 Å². The molecule has 8 heteroatoms. The van der Waals surface area contributed by atoms with Gasteiger partial charge in [-0.3, -0.25) is 4.40 Å². The second kappa shape index (κ2) is 7.17. The van der Waals surface area contributed by atoms with Gasteiger partial charge in [-0.15, -0.1) is 11.3 Å². The molecule has 3 aromatic rings. The van der Waals surface area contributed by atoms with E-state index in [2.05, 4.69) is 28.9 Å². The van der Waals surface area contributed by atoms with Gasteiger partial charge in [0, 0.05) is 42.9 Å². The molecular formula is C20H26N4O2S2. The molecular weight excluding hydrogens is 392 g/mol. The summed E-state index contributed by atoms with van der Waals surface area (Å²) in [4.78, 5) is 8.71. The van der Waals surface area contributed by atoms with Crippen LogP contribution in [0.25, 0.3) is 4.96 Å². The van der Waals surface area contributed by atoms with Crippen molar-refractivity contribution in [1.82, 2.24) is 13.7 Å². The normalized spacial score (nSPS) is 16.4. The zero-order valence-electron chi connectivity index (χ0n) is 16.7. The molecule has 0 atom stereocenters. The topological polar surface area (TPSA) is 57.9 Å². The molecule has 0 aliphatic carbocycles. The molecule has 28 heavy (non-hydrogen) atoms. The van der Waals surface area contributed by atoms with Gasteiger partial charge >= 0.3 is 0 Å². The molecule has 1 aliphatic rings. The zero-order chi connectivity index (χ0) is 20.1. The van der Waals surface area contributed by atoms with Crippen LogP contribution in [-0.4, -0.2) is 48.3 Å². The van der Waals surface area contributed by atoms with Crippen LogP contribution in [-0.2, 0) is 10.0 Å². The van der Waals surface area contributed by atoms with Crippen molar-refractivity contribution in [3.05, 3.63) is 46.6 Å². The molecule has 4 rings (SSSR count). The third kappa shape index (κ3) is 3.23. The first-order chi connectivity index (χ1) is 13.3. The average Bonchev–Trinajstić information content (AvgIpc) is 3.18. The van der Waals surface area contributed by atoms with Crippen LogP contribution < -0.4 is 4.90 Å². The fraction of sp³-hybridized carbons (Fsp3) is 0.450. The van der Waals surface area contributed by atoms with Crippen LogP contribution in [0.4, 0.5) is 5.69 Å². The third-order valence-corrected chi connectivity index (χ3v) is 8.09. The molecule has 0 bridgehead atoms. The molecule has 0 N–H and O–H groups in total. The number of benzene rings is 1. The van der Waals surface area contributed by atoms with Crippen molar-refractivity contribution < 1.29 is 8.42 Å². The summed E-state index contributed by atoms with van der Waals surface area (Å²) in [6.45, 7) is 10.4. The SMILES string of the molecule is Cc1cn2c(S(=O)(=O)N3CCN(c4ccccc4C)CC3)c(C(C)C)nc2s1. The van der Waals surface area contributed by atoms with E-state index < -0.39 is 10.0 Å². The van der Waals surface area contributed by atoms with Crippen molar-refractivity contribution in [2.24, 2.45) is 0 Å². The molecule has 1 aromatic carbocycles. The van der Waals surface area contributed by atoms with E-state index in [9.17, 15) is 8.42 Å². The van der Waals surface area contributed by atoms with Gasteiger partial charge in [-0.05, 0) is 31.4 Å². The lowest BCUT2D eigenvalue weighted by molar-refractivity contribution is 0.382. The van der Waals surface area contributed by atoms with Crippen molar-refractivity contribution in [2.45, 2.75) is 38.6 Å². The molecule has 1 saturated heterocycles. The van der Waals surface area contributed by atoms with Crippen LogP contribution >= 0.6 is 11.3 Å². The first-order valence-corrected chi connectivity index (χ1v) is 11.8. The van der Waals surface area contributed by atoms with Crippen LogP contribution in [0.5, 0.6) is 0 Å². The number of sulfonamides is 1. The van der Waals surface area contributed by atoms with E-state index in [1.807, 2.05) is 39.1 Å². The first-order valence-electron chi connectivity index (χ1n) is 9.58. The van der Waals surface area contributed by atoms with Gasteiger partial charge in [0.1, 0.15) is 0 Å². The van der Waals surface area contributed by atoms with E-state index in [4.69, 9.17) is 0 Å². The van der Waals surface area contributed by atoms with Crippen molar-refractivity contribution in [3.8, 4) is 0 Å². The van der Waals surface area contributed by atoms with Gasteiger partial charge in [-0.1, -0.05) is 32.0 Å². The Kier molecular flexibility index (Phi) is 4.97. The van der Waals surface area contributed by atoms with E-state index in [0.29, 0.717) is 36.9 Å². The standard InChI is InChI=1S/C20H26N4O2S2/c1-14(2)18-19(24-13-16(4)27-20(24)21-18)28(25,26)23-11-9-22(10-12-23)17-8-6-5-7-15(17)3/h5-8,13-14H,9-12H2,1-4H3. The highest BCUT2D eigenvalue weighted by Gasteiger charge is 2.35. The number of piperazine rings is 1. The largest absolute Gasteiger partial charge is 0.369 e. The van der Waals surface area contributed by atoms with E-state index in [1.165, 1.54) is 22.6 Å². The molecule has 0 unspecified atom stereocenters. The van der Waals surface area contributed by atoms with Crippen molar-refractivity contribution in [1.29, 1.82) is 0 Å². The fourth-order valence-corrected chi connectivity index (χ4v) is 6.51. The molecule has 1 fully saturated rings. The van der Waals surface area contributed by atoms with Crippen molar-refractivity contribution in [3.63, 3.8) is 0 Å². The number of aryl methyl sites for hydroxylation is 2. The summed E-state index contributed by atoms with van der Waals surface area (Å²) in [5.74, 6) is 0.0467. The smallest absolute Gasteiger partial charge is 0.261 e. The van der Waals surface area contributed by atoms with Crippen LogP contribution in [0.3, 0.4) is 0 Å². The Labute approximate surface area is 170 Å². The molecule has 1 aliphatic heterocycles. The second-order valence-electron chi connectivity index (χ2n) is 7.63. The van der Waals surface area contributed by atoms with Gasteiger partial charge in [-0.25, -0.2) is 13.4 Å². The summed E-state index contributed by atoms with van der Waals surface area (Å²) >= 11 is 1.53. The Morgan fingerprint density at radius 3 is 2.39 bits per heavy atom. The summed E-state index contributed by atoms with van der Waals surface area (Å²) < 4.78 is 30.5. The Morgan fingerprint density at radius 1 is 1.07 bits per heavy atom. The maximum Gasteiger partial charge on any atom is 0.261 e. The molecule has 6 nitrogen and oxygen atoms in total. The maximum absolute atomic E-state index is 13.6. The number of imidazole rings is 1. The minimum absolute atomic E-state index is 0.0467. The number of thiazole rings is 1. The van der Waals surface area contributed by atoms with Gasteiger partial charge in [0.15, 0.2) is 9.99 Å². The predicted octanol–water partition coefficient (Wildman–Crippen LogP) is 3.65. The summed E-state index contributed by atoms with van der Waals surface area (Å²) in [6.07, 6.45) is 1.88. The monoisotopic (exact) mass is 418 g/mol. The van der Waals surface area contributed by atoms with Gasteiger partial charge in [-0.2, -0.15) is 4.31 Å². The number of fused-ring (bicyclic) bond motifs is 1. The molecule has 3 heterocycles. The molecule has 0 radical (unpaired) electrons.